The summed E-state index contributed by atoms with van der Waals surface area (Å²) in [6.45, 7) is 0.510. The molecular weight excluding hydrogens is 362 g/mol. The van der Waals surface area contributed by atoms with Gasteiger partial charge in [-0.3, -0.25) is 5.10 Å². The Morgan fingerprint density at radius 1 is 1.03 bits per heavy atom. The van der Waals surface area contributed by atoms with Gasteiger partial charge >= 0.3 is 0 Å². The average molecular weight is 387 g/mol. The SMILES string of the molecule is CN(c1ccc2c(n1)COc1cc(-c3cn[nH]c3)ccc1-2)C1CC2CCC(C1)N2. The molecule has 5 heterocycles. The van der Waals surface area contributed by atoms with Gasteiger partial charge in [-0.05, 0) is 55.5 Å². The fourth-order valence-electron chi connectivity index (χ4n) is 5.17. The van der Waals surface area contributed by atoms with Gasteiger partial charge in [0.05, 0.1) is 11.9 Å². The Bertz CT molecular complexity index is 1040. The molecule has 2 saturated heterocycles. The van der Waals surface area contributed by atoms with E-state index in [1.165, 1.54) is 31.2 Å². The molecule has 0 radical (unpaired) electrons. The highest BCUT2D eigenvalue weighted by Gasteiger charge is 2.35. The highest BCUT2D eigenvalue weighted by molar-refractivity contribution is 5.79. The standard InChI is InChI=1S/C23H25N5O/c1-28(18-9-16-3-4-17(10-18)26-16)23-7-6-19-20-5-2-14(15-11-24-25-12-15)8-22(20)29-13-21(19)27-23/h2,5-8,11-12,16-18,26H,3-4,9-10,13H2,1H3,(H,24,25). The van der Waals surface area contributed by atoms with E-state index in [9.17, 15) is 0 Å². The number of hydrogen-bond acceptors (Lipinski definition) is 5. The minimum Gasteiger partial charge on any atom is -0.487 e. The minimum absolute atomic E-state index is 0.510. The van der Waals surface area contributed by atoms with E-state index in [0.29, 0.717) is 24.7 Å². The van der Waals surface area contributed by atoms with Gasteiger partial charge in [-0.2, -0.15) is 5.10 Å². The number of nitrogens with one attached hydrogen (secondary N) is 2. The first-order valence-electron chi connectivity index (χ1n) is 10.5. The Hall–Kier alpha value is -2.86. The van der Waals surface area contributed by atoms with Crippen molar-refractivity contribution in [2.75, 3.05) is 11.9 Å². The number of fused-ring (bicyclic) bond motifs is 5. The van der Waals surface area contributed by atoms with E-state index in [2.05, 4.69) is 57.8 Å². The second-order valence-electron chi connectivity index (χ2n) is 8.52. The van der Waals surface area contributed by atoms with Gasteiger partial charge in [0, 0.05) is 48.1 Å². The van der Waals surface area contributed by atoms with E-state index in [1.54, 1.807) is 0 Å². The molecule has 0 amide bonds. The average Bonchev–Trinajstić information content (AvgIpc) is 3.42. The summed E-state index contributed by atoms with van der Waals surface area (Å²) in [7, 11) is 2.19. The van der Waals surface area contributed by atoms with Crippen LogP contribution in [0, 0.1) is 0 Å². The summed E-state index contributed by atoms with van der Waals surface area (Å²) < 4.78 is 6.09. The Balaban J connectivity index is 1.29. The first kappa shape index (κ1) is 17.0. The number of benzene rings is 1. The second kappa shape index (κ2) is 6.59. The molecule has 2 fully saturated rings. The maximum atomic E-state index is 6.09. The van der Waals surface area contributed by atoms with E-state index < -0.39 is 0 Å². The summed E-state index contributed by atoms with van der Waals surface area (Å²) in [6, 6.07) is 12.6. The van der Waals surface area contributed by atoms with Crippen LogP contribution in [0.2, 0.25) is 0 Å². The fourth-order valence-corrected chi connectivity index (χ4v) is 5.17. The van der Waals surface area contributed by atoms with Crippen LogP contribution in [0.3, 0.4) is 0 Å². The first-order chi connectivity index (χ1) is 14.2. The van der Waals surface area contributed by atoms with E-state index in [0.717, 1.165) is 34.0 Å². The molecule has 0 aliphatic carbocycles. The van der Waals surface area contributed by atoms with Gasteiger partial charge in [0.1, 0.15) is 18.2 Å². The largest absolute Gasteiger partial charge is 0.487 e. The van der Waals surface area contributed by atoms with E-state index in [1.807, 2.05) is 12.4 Å². The van der Waals surface area contributed by atoms with Gasteiger partial charge in [-0.1, -0.05) is 6.07 Å². The van der Waals surface area contributed by atoms with E-state index in [-0.39, 0.29) is 0 Å². The van der Waals surface area contributed by atoms with Crippen LogP contribution >= 0.6 is 0 Å². The van der Waals surface area contributed by atoms with Crippen LogP contribution in [0.1, 0.15) is 31.4 Å². The summed E-state index contributed by atoms with van der Waals surface area (Å²) in [5, 5.41) is 10.6. The van der Waals surface area contributed by atoms with Crippen molar-refractivity contribution in [2.24, 2.45) is 0 Å². The molecule has 2 bridgehead atoms. The Kier molecular flexibility index (Phi) is 3.87. The number of pyridine rings is 1. The van der Waals surface area contributed by atoms with Gasteiger partial charge in [-0.15, -0.1) is 0 Å². The van der Waals surface area contributed by atoms with E-state index >= 15 is 0 Å². The molecule has 6 heteroatoms. The van der Waals surface area contributed by atoms with Crippen LogP contribution in [0.5, 0.6) is 5.75 Å². The summed E-state index contributed by atoms with van der Waals surface area (Å²) in [5.41, 5.74) is 5.47. The number of hydrogen-bond donors (Lipinski definition) is 2. The Labute approximate surface area is 170 Å². The molecule has 3 aromatic rings. The third kappa shape index (κ3) is 2.90. The molecule has 148 valence electrons. The van der Waals surface area contributed by atoms with Gasteiger partial charge in [0.25, 0.3) is 0 Å². The lowest BCUT2D eigenvalue weighted by atomic mass is 9.97. The predicted molar refractivity (Wildman–Crippen MR) is 113 cm³/mol. The van der Waals surface area contributed by atoms with Gasteiger partial charge in [0.15, 0.2) is 0 Å². The second-order valence-corrected chi connectivity index (χ2v) is 8.52. The summed E-state index contributed by atoms with van der Waals surface area (Å²) >= 11 is 0. The third-order valence-corrected chi connectivity index (χ3v) is 6.78. The molecular formula is C23H25N5O. The number of aromatic amines is 1. The zero-order chi connectivity index (χ0) is 19.4. The van der Waals surface area contributed by atoms with Gasteiger partial charge in [0.2, 0.25) is 0 Å². The molecule has 3 aliphatic heterocycles. The zero-order valence-corrected chi connectivity index (χ0v) is 16.6. The zero-order valence-electron chi connectivity index (χ0n) is 16.6. The Morgan fingerprint density at radius 3 is 2.66 bits per heavy atom. The molecule has 2 atom stereocenters. The summed E-state index contributed by atoms with van der Waals surface area (Å²) in [4.78, 5) is 7.37. The lowest BCUT2D eigenvalue weighted by Crippen LogP contribution is -2.47. The molecule has 6 rings (SSSR count). The van der Waals surface area contributed by atoms with Gasteiger partial charge < -0.3 is 15.0 Å². The molecule has 6 nitrogen and oxygen atoms in total. The smallest absolute Gasteiger partial charge is 0.131 e. The number of aromatic nitrogens is 3. The van der Waals surface area contributed by atoms with Crippen LogP contribution in [-0.2, 0) is 6.61 Å². The molecule has 0 saturated carbocycles. The monoisotopic (exact) mass is 387 g/mol. The lowest BCUT2D eigenvalue weighted by Gasteiger charge is -2.36. The predicted octanol–water partition coefficient (Wildman–Crippen LogP) is 3.75. The quantitative estimate of drug-likeness (QED) is 0.717. The number of anilines is 1. The van der Waals surface area contributed by atoms with Crippen molar-refractivity contribution >= 4 is 5.82 Å². The molecule has 2 N–H and O–H groups in total. The maximum Gasteiger partial charge on any atom is 0.131 e. The molecule has 0 spiro atoms. The highest BCUT2D eigenvalue weighted by atomic mass is 16.5. The van der Waals surface area contributed by atoms with Crippen molar-refractivity contribution in [1.82, 2.24) is 20.5 Å². The Morgan fingerprint density at radius 2 is 1.86 bits per heavy atom. The van der Waals surface area contributed by atoms with Crippen molar-refractivity contribution in [3.05, 3.63) is 48.4 Å². The number of H-pyrrole nitrogens is 1. The lowest BCUT2D eigenvalue weighted by molar-refractivity contribution is 0.297. The van der Waals surface area contributed by atoms with Crippen molar-refractivity contribution < 1.29 is 4.74 Å². The number of rotatable bonds is 3. The molecule has 29 heavy (non-hydrogen) atoms. The first-order valence-corrected chi connectivity index (χ1v) is 10.5. The van der Waals surface area contributed by atoms with Crippen LogP contribution < -0.4 is 15.0 Å². The highest BCUT2D eigenvalue weighted by Crippen LogP contribution is 2.40. The van der Waals surface area contributed by atoms with Crippen LogP contribution in [0.15, 0.2) is 42.7 Å². The van der Waals surface area contributed by atoms with Crippen molar-refractivity contribution in [2.45, 2.75) is 50.4 Å². The van der Waals surface area contributed by atoms with Crippen molar-refractivity contribution in [3.8, 4) is 28.0 Å². The summed E-state index contributed by atoms with van der Waals surface area (Å²) in [6.07, 6.45) is 8.78. The van der Waals surface area contributed by atoms with Crippen molar-refractivity contribution in [3.63, 3.8) is 0 Å². The fraction of sp³-hybridized carbons (Fsp3) is 0.391. The number of ether oxygens (including phenoxy) is 1. The topological polar surface area (TPSA) is 66.1 Å². The number of piperidine rings is 1. The third-order valence-electron chi connectivity index (χ3n) is 6.78. The van der Waals surface area contributed by atoms with Gasteiger partial charge in [-0.25, -0.2) is 4.98 Å². The molecule has 3 aliphatic rings. The number of nitrogens with zero attached hydrogens (tertiary/aromatic N) is 3. The molecule has 2 aromatic heterocycles. The van der Waals surface area contributed by atoms with Crippen molar-refractivity contribution in [1.29, 1.82) is 0 Å². The normalized spacial score (nSPS) is 24.5. The van der Waals surface area contributed by atoms with Crippen LogP contribution in [0.4, 0.5) is 5.82 Å². The van der Waals surface area contributed by atoms with E-state index in [4.69, 9.17) is 9.72 Å². The molecule has 2 unspecified atom stereocenters. The molecule has 1 aromatic carbocycles. The minimum atomic E-state index is 0.510. The summed E-state index contributed by atoms with van der Waals surface area (Å²) in [5.74, 6) is 1.96. The van der Waals surface area contributed by atoms with Crippen LogP contribution in [0.25, 0.3) is 22.3 Å². The maximum absolute atomic E-state index is 6.09. The van der Waals surface area contributed by atoms with Crippen LogP contribution in [-0.4, -0.2) is 40.4 Å².